The fourth-order valence-corrected chi connectivity index (χ4v) is 2.68. The summed E-state index contributed by atoms with van der Waals surface area (Å²) in [5, 5.41) is 39.4. The molecule has 24 heavy (non-hydrogen) atoms. The van der Waals surface area contributed by atoms with E-state index in [4.69, 9.17) is 19.0 Å². The molecular formula is C16H18O8. The molecule has 2 heterocycles. The van der Waals surface area contributed by atoms with Crippen LogP contribution < -0.4 is 10.4 Å². The molecule has 1 saturated heterocycles. The Morgan fingerprint density at radius 3 is 2.58 bits per heavy atom. The van der Waals surface area contributed by atoms with Crippen molar-refractivity contribution in [1.29, 1.82) is 0 Å². The van der Waals surface area contributed by atoms with Gasteiger partial charge in [0.05, 0.1) is 6.61 Å². The van der Waals surface area contributed by atoms with Gasteiger partial charge in [-0.15, -0.1) is 0 Å². The van der Waals surface area contributed by atoms with Gasteiger partial charge in [-0.3, -0.25) is 0 Å². The molecule has 0 saturated carbocycles. The Morgan fingerprint density at radius 2 is 1.88 bits per heavy atom. The topological polar surface area (TPSA) is 130 Å². The van der Waals surface area contributed by atoms with E-state index in [0.29, 0.717) is 5.58 Å². The maximum Gasteiger partial charge on any atom is 0.336 e. The van der Waals surface area contributed by atoms with Crippen LogP contribution in [-0.4, -0.2) is 57.7 Å². The summed E-state index contributed by atoms with van der Waals surface area (Å²) in [5.74, 6) is 0.237. The minimum atomic E-state index is -1.53. The van der Waals surface area contributed by atoms with Crippen molar-refractivity contribution in [2.24, 2.45) is 0 Å². The highest BCUT2D eigenvalue weighted by atomic mass is 16.7. The summed E-state index contributed by atoms with van der Waals surface area (Å²) in [6.07, 6.45) is -6.85. The van der Waals surface area contributed by atoms with Gasteiger partial charge in [-0.25, -0.2) is 4.79 Å². The fraction of sp³-hybridized carbons (Fsp3) is 0.438. The molecule has 0 unspecified atom stereocenters. The zero-order valence-electron chi connectivity index (χ0n) is 12.8. The van der Waals surface area contributed by atoms with E-state index in [9.17, 15) is 20.1 Å². The molecule has 2 aromatic rings. The number of rotatable bonds is 3. The quantitative estimate of drug-likeness (QED) is 0.540. The second kappa shape index (κ2) is 6.50. The molecule has 8 heteroatoms. The minimum absolute atomic E-state index is 0.237. The first-order chi connectivity index (χ1) is 11.4. The Labute approximate surface area is 136 Å². The van der Waals surface area contributed by atoms with E-state index >= 15 is 0 Å². The van der Waals surface area contributed by atoms with Crippen LogP contribution in [0.4, 0.5) is 0 Å². The molecule has 0 amide bonds. The molecule has 3 rings (SSSR count). The van der Waals surface area contributed by atoms with Crippen molar-refractivity contribution in [3.63, 3.8) is 0 Å². The van der Waals surface area contributed by atoms with Crippen molar-refractivity contribution < 1.29 is 34.3 Å². The molecule has 5 atom stereocenters. The van der Waals surface area contributed by atoms with Crippen molar-refractivity contribution in [2.45, 2.75) is 37.6 Å². The van der Waals surface area contributed by atoms with Gasteiger partial charge < -0.3 is 34.3 Å². The summed E-state index contributed by atoms with van der Waals surface area (Å²) in [4.78, 5) is 11.5. The predicted molar refractivity (Wildman–Crippen MR) is 81.6 cm³/mol. The molecule has 1 aromatic carbocycles. The molecule has 1 aliphatic heterocycles. The van der Waals surface area contributed by atoms with E-state index in [1.54, 1.807) is 19.1 Å². The Balaban J connectivity index is 1.87. The van der Waals surface area contributed by atoms with Crippen LogP contribution in [0.25, 0.3) is 11.0 Å². The van der Waals surface area contributed by atoms with Crippen molar-refractivity contribution in [3.8, 4) is 5.75 Å². The summed E-state index contributed by atoms with van der Waals surface area (Å²) in [7, 11) is 0. The van der Waals surface area contributed by atoms with Crippen molar-refractivity contribution in [1.82, 2.24) is 0 Å². The number of ether oxygens (including phenoxy) is 2. The molecule has 0 spiro atoms. The lowest BCUT2D eigenvalue weighted by atomic mass is 9.99. The van der Waals surface area contributed by atoms with Gasteiger partial charge >= 0.3 is 5.63 Å². The zero-order valence-corrected chi connectivity index (χ0v) is 12.8. The monoisotopic (exact) mass is 338 g/mol. The lowest BCUT2D eigenvalue weighted by molar-refractivity contribution is -0.277. The number of hydrogen-bond acceptors (Lipinski definition) is 8. The number of hydrogen-bond donors (Lipinski definition) is 4. The maximum absolute atomic E-state index is 11.5. The Bertz CT molecular complexity index is 783. The van der Waals surface area contributed by atoms with Gasteiger partial charge in [0.1, 0.15) is 35.7 Å². The van der Waals surface area contributed by atoms with Gasteiger partial charge in [0.25, 0.3) is 0 Å². The van der Waals surface area contributed by atoms with Crippen LogP contribution in [0, 0.1) is 6.92 Å². The first-order valence-electron chi connectivity index (χ1n) is 7.42. The highest BCUT2D eigenvalue weighted by molar-refractivity contribution is 5.81. The zero-order chi connectivity index (χ0) is 17.4. The molecule has 4 N–H and O–H groups in total. The van der Waals surface area contributed by atoms with Crippen molar-refractivity contribution in [3.05, 3.63) is 40.2 Å². The molecule has 1 aliphatic rings. The van der Waals surface area contributed by atoms with Gasteiger partial charge in [-0.2, -0.15) is 0 Å². The molecule has 0 radical (unpaired) electrons. The largest absolute Gasteiger partial charge is 0.462 e. The fourth-order valence-electron chi connectivity index (χ4n) is 2.68. The number of aryl methyl sites for hydroxylation is 1. The van der Waals surface area contributed by atoms with Crippen LogP contribution in [-0.2, 0) is 4.74 Å². The summed E-state index contributed by atoms with van der Waals surface area (Å²) in [6.45, 7) is 1.23. The first-order valence-corrected chi connectivity index (χ1v) is 7.42. The van der Waals surface area contributed by atoms with Gasteiger partial charge in [0.15, 0.2) is 0 Å². The lowest BCUT2D eigenvalue weighted by Gasteiger charge is -2.39. The number of fused-ring (bicyclic) bond motifs is 1. The lowest BCUT2D eigenvalue weighted by Crippen LogP contribution is -2.60. The molecule has 8 nitrogen and oxygen atoms in total. The SMILES string of the molecule is Cc1cc(=O)oc2cc(O[C@H]3O[C@H](CO)[C@@H](O)[C@@H](O)[C@H]3O)ccc12. The van der Waals surface area contributed by atoms with Gasteiger partial charge in [0.2, 0.25) is 6.29 Å². The number of benzene rings is 1. The smallest absolute Gasteiger partial charge is 0.336 e. The Morgan fingerprint density at radius 1 is 1.12 bits per heavy atom. The number of aliphatic hydroxyl groups is 4. The maximum atomic E-state index is 11.5. The third-order valence-corrected chi connectivity index (χ3v) is 4.02. The predicted octanol–water partition coefficient (Wildman–Crippen LogP) is -0.720. The average molecular weight is 338 g/mol. The van der Waals surface area contributed by atoms with E-state index in [1.165, 1.54) is 12.1 Å². The summed E-state index contributed by atoms with van der Waals surface area (Å²) in [5.41, 5.74) is 0.563. The van der Waals surface area contributed by atoms with Crippen LogP contribution in [0.3, 0.4) is 0 Å². The second-order valence-electron chi connectivity index (χ2n) is 5.72. The normalized spacial score (nSPS) is 30.5. The molecule has 130 valence electrons. The summed E-state index contributed by atoms with van der Waals surface area (Å²) >= 11 is 0. The van der Waals surface area contributed by atoms with E-state index in [-0.39, 0.29) is 5.75 Å². The van der Waals surface area contributed by atoms with Crippen LogP contribution in [0.5, 0.6) is 5.75 Å². The third kappa shape index (κ3) is 3.02. The highest BCUT2D eigenvalue weighted by Gasteiger charge is 2.44. The molecule has 1 fully saturated rings. The van der Waals surface area contributed by atoms with Crippen molar-refractivity contribution >= 4 is 11.0 Å². The second-order valence-corrected chi connectivity index (χ2v) is 5.72. The average Bonchev–Trinajstić information content (AvgIpc) is 2.55. The molecular weight excluding hydrogens is 320 g/mol. The van der Waals surface area contributed by atoms with E-state index in [1.807, 2.05) is 0 Å². The van der Waals surface area contributed by atoms with Gasteiger partial charge in [-0.1, -0.05) is 0 Å². The van der Waals surface area contributed by atoms with Crippen LogP contribution in [0.15, 0.2) is 33.5 Å². The van der Waals surface area contributed by atoms with Crippen LogP contribution in [0.2, 0.25) is 0 Å². The highest BCUT2D eigenvalue weighted by Crippen LogP contribution is 2.27. The van der Waals surface area contributed by atoms with E-state index in [0.717, 1.165) is 10.9 Å². The van der Waals surface area contributed by atoms with Crippen molar-refractivity contribution in [2.75, 3.05) is 6.61 Å². The summed E-state index contributed by atoms with van der Waals surface area (Å²) < 4.78 is 15.9. The summed E-state index contributed by atoms with van der Waals surface area (Å²) in [6, 6.07) is 6.12. The van der Waals surface area contributed by atoms with E-state index < -0.39 is 42.9 Å². The van der Waals surface area contributed by atoms with E-state index in [2.05, 4.69) is 0 Å². The first kappa shape index (κ1) is 16.9. The molecule has 0 aliphatic carbocycles. The van der Waals surface area contributed by atoms with Gasteiger partial charge in [-0.05, 0) is 24.6 Å². The Kier molecular flexibility index (Phi) is 4.57. The Hall–Kier alpha value is -1.97. The molecule has 0 bridgehead atoms. The van der Waals surface area contributed by atoms with Crippen LogP contribution >= 0.6 is 0 Å². The van der Waals surface area contributed by atoms with Gasteiger partial charge in [0, 0.05) is 17.5 Å². The third-order valence-electron chi connectivity index (χ3n) is 4.02. The minimum Gasteiger partial charge on any atom is -0.462 e. The number of aliphatic hydroxyl groups excluding tert-OH is 4. The standard InChI is InChI=1S/C16H18O8/c1-7-4-12(18)23-10-5-8(2-3-9(7)10)22-16-15(21)14(20)13(19)11(6-17)24-16/h2-5,11,13-17,19-21H,6H2,1H3/t11-,13-,14-,15-,16+/m1/s1. The van der Waals surface area contributed by atoms with Crippen LogP contribution in [0.1, 0.15) is 5.56 Å². The molecule has 1 aromatic heterocycles.